The molecule has 1 unspecified atom stereocenters. The summed E-state index contributed by atoms with van der Waals surface area (Å²) < 4.78 is 0. The molecule has 2 aromatic carbocycles. The summed E-state index contributed by atoms with van der Waals surface area (Å²) in [6.07, 6.45) is 5.20. The Morgan fingerprint density at radius 2 is 1.62 bits per heavy atom. The fraction of sp³-hybridized carbons (Fsp3) is 0.548. The molecule has 7 nitrogen and oxygen atoms in total. The second-order valence-corrected chi connectivity index (χ2v) is 14.0. The van der Waals surface area contributed by atoms with Crippen molar-refractivity contribution in [1.29, 1.82) is 0 Å². The van der Waals surface area contributed by atoms with E-state index in [0.29, 0.717) is 12.2 Å². The molecule has 0 bridgehead atoms. The van der Waals surface area contributed by atoms with Crippen molar-refractivity contribution in [2.45, 2.75) is 94.8 Å². The number of nitrogens with two attached hydrogens (primary N) is 1. The molecule has 216 valence electrons. The molecule has 6 N–H and O–H groups in total. The maximum absolute atomic E-state index is 12.0. The van der Waals surface area contributed by atoms with Crippen LogP contribution in [0.25, 0.3) is 0 Å². The normalized spacial score (nSPS) is 24.3. The number of amides is 2. The quantitative estimate of drug-likeness (QED) is 0.176. The van der Waals surface area contributed by atoms with Crippen molar-refractivity contribution in [2.24, 2.45) is 5.73 Å². The SMILES string of the molecule is Cc1ccc([C@H]2[C@H](O)[C@H](O)[C@H](O)C[SH]2C)cc1Cc1ccc(CCCCCCC(=O)NC(C)(C)C(N)=O)cc1. The lowest BCUT2D eigenvalue weighted by atomic mass is 9.93. The molecule has 0 aliphatic carbocycles. The summed E-state index contributed by atoms with van der Waals surface area (Å²) in [5.41, 5.74) is 10.2. The lowest BCUT2D eigenvalue weighted by Crippen LogP contribution is -2.52. The molecular weight excluding hydrogens is 512 g/mol. The highest BCUT2D eigenvalue weighted by Crippen LogP contribution is 2.48. The van der Waals surface area contributed by atoms with Gasteiger partial charge in [0.15, 0.2) is 0 Å². The second-order valence-electron chi connectivity index (χ2n) is 11.6. The fourth-order valence-corrected chi connectivity index (χ4v) is 7.59. The third-order valence-corrected chi connectivity index (χ3v) is 10.3. The van der Waals surface area contributed by atoms with E-state index in [1.165, 1.54) is 22.3 Å². The Labute approximate surface area is 235 Å². The monoisotopic (exact) mass is 558 g/mol. The van der Waals surface area contributed by atoms with Gasteiger partial charge in [0.2, 0.25) is 11.8 Å². The molecule has 8 heteroatoms. The smallest absolute Gasteiger partial charge is 0.242 e. The van der Waals surface area contributed by atoms with Gasteiger partial charge in [-0.1, -0.05) is 55.3 Å². The predicted octanol–water partition coefficient (Wildman–Crippen LogP) is 3.23. The molecule has 3 rings (SSSR count). The maximum atomic E-state index is 12.0. The van der Waals surface area contributed by atoms with Gasteiger partial charge in [-0.2, -0.15) is 0 Å². The van der Waals surface area contributed by atoms with Gasteiger partial charge in [0, 0.05) is 17.4 Å². The van der Waals surface area contributed by atoms with Gasteiger partial charge < -0.3 is 26.4 Å². The molecular formula is C31H46N2O5S. The minimum Gasteiger partial charge on any atom is -0.390 e. The average molecular weight is 559 g/mol. The summed E-state index contributed by atoms with van der Waals surface area (Å²) in [5.74, 6) is -0.146. The number of unbranched alkanes of at least 4 members (excludes halogenated alkanes) is 3. The molecule has 1 aliphatic rings. The van der Waals surface area contributed by atoms with Crippen LogP contribution in [0.15, 0.2) is 42.5 Å². The maximum Gasteiger partial charge on any atom is 0.242 e. The van der Waals surface area contributed by atoms with Crippen LogP contribution in [0.3, 0.4) is 0 Å². The number of rotatable bonds is 12. The summed E-state index contributed by atoms with van der Waals surface area (Å²) >= 11 is 0. The van der Waals surface area contributed by atoms with Gasteiger partial charge in [-0.3, -0.25) is 9.59 Å². The number of nitrogens with one attached hydrogen (secondary N) is 1. The van der Waals surface area contributed by atoms with E-state index in [9.17, 15) is 24.9 Å². The van der Waals surface area contributed by atoms with E-state index in [-0.39, 0.29) is 11.2 Å². The van der Waals surface area contributed by atoms with Crippen LogP contribution < -0.4 is 11.1 Å². The second kappa shape index (κ2) is 13.8. The lowest BCUT2D eigenvalue weighted by Gasteiger charge is -2.42. The molecule has 2 amide bonds. The number of thiol groups is 1. The number of carbonyl (C=O) groups is 2. The first-order valence-corrected chi connectivity index (χ1v) is 16.0. The zero-order chi connectivity index (χ0) is 28.7. The highest BCUT2D eigenvalue weighted by atomic mass is 32.2. The van der Waals surface area contributed by atoms with Gasteiger partial charge in [-0.15, -0.1) is 0 Å². The largest absolute Gasteiger partial charge is 0.390 e. The van der Waals surface area contributed by atoms with E-state index < -0.39 is 40.7 Å². The number of benzene rings is 2. The molecule has 0 saturated carbocycles. The van der Waals surface area contributed by atoms with Crippen molar-refractivity contribution in [3.63, 3.8) is 0 Å². The van der Waals surface area contributed by atoms with E-state index in [1.807, 2.05) is 6.07 Å². The van der Waals surface area contributed by atoms with Gasteiger partial charge >= 0.3 is 0 Å². The molecule has 2 aromatic rings. The lowest BCUT2D eigenvalue weighted by molar-refractivity contribution is -0.130. The van der Waals surface area contributed by atoms with E-state index >= 15 is 0 Å². The van der Waals surface area contributed by atoms with Crippen LogP contribution in [-0.2, 0) is 22.4 Å². The predicted molar refractivity (Wildman–Crippen MR) is 159 cm³/mol. The summed E-state index contributed by atoms with van der Waals surface area (Å²) in [4.78, 5) is 23.3. The number of hydrogen-bond donors (Lipinski definition) is 6. The zero-order valence-electron chi connectivity index (χ0n) is 23.7. The summed E-state index contributed by atoms with van der Waals surface area (Å²) in [5, 5.41) is 33.5. The van der Waals surface area contributed by atoms with Crippen LogP contribution in [0.2, 0.25) is 0 Å². The van der Waals surface area contributed by atoms with Gasteiger partial charge in [-0.25, -0.2) is 10.9 Å². The number of carbonyl (C=O) groups excluding carboxylic acids is 2. The third kappa shape index (κ3) is 8.55. The Morgan fingerprint density at radius 1 is 0.974 bits per heavy atom. The molecule has 39 heavy (non-hydrogen) atoms. The van der Waals surface area contributed by atoms with Gasteiger partial charge in [0.05, 0.1) is 12.2 Å². The van der Waals surface area contributed by atoms with Crippen molar-refractivity contribution in [2.75, 3.05) is 12.0 Å². The van der Waals surface area contributed by atoms with E-state index in [4.69, 9.17) is 5.73 Å². The Morgan fingerprint density at radius 3 is 2.28 bits per heavy atom. The Hall–Kier alpha value is -2.39. The molecule has 0 radical (unpaired) electrons. The number of aryl methyl sites for hydroxylation is 2. The van der Waals surface area contributed by atoms with Crippen LogP contribution in [0.1, 0.15) is 79.0 Å². The van der Waals surface area contributed by atoms with E-state index in [1.54, 1.807) is 13.8 Å². The molecule has 1 saturated heterocycles. The number of primary amides is 1. The molecule has 0 aromatic heterocycles. The van der Waals surface area contributed by atoms with E-state index in [0.717, 1.165) is 44.1 Å². The molecule has 1 heterocycles. The minimum atomic E-state index is -1.11. The van der Waals surface area contributed by atoms with Crippen LogP contribution in [0.5, 0.6) is 0 Å². The first kappa shape index (κ1) is 31.1. The molecule has 1 aliphatic heterocycles. The molecule has 5 atom stereocenters. The van der Waals surface area contributed by atoms with Crippen LogP contribution in [-0.4, -0.2) is 63.0 Å². The summed E-state index contributed by atoms with van der Waals surface area (Å²) in [6.45, 7) is 5.32. The number of aliphatic hydroxyl groups excluding tert-OH is 3. The number of aliphatic hydroxyl groups is 3. The number of hydrogen-bond acceptors (Lipinski definition) is 5. The molecule has 1 fully saturated rings. The van der Waals surface area contributed by atoms with Crippen LogP contribution in [0.4, 0.5) is 0 Å². The zero-order valence-corrected chi connectivity index (χ0v) is 24.6. The van der Waals surface area contributed by atoms with Crippen molar-refractivity contribution in [3.8, 4) is 0 Å². The fourth-order valence-electron chi connectivity index (χ4n) is 5.19. The Balaban J connectivity index is 1.47. The van der Waals surface area contributed by atoms with Crippen molar-refractivity contribution in [1.82, 2.24) is 5.32 Å². The minimum absolute atomic E-state index is 0.142. The Bertz CT molecular complexity index is 1120. The molecule has 0 spiro atoms. The van der Waals surface area contributed by atoms with Crippen molar-refractivity contribution < 1.29 is 24.9 Å². The first-order chi connectivity index (χ1) is 18.4. The summed E-state index contributed by atoms with van der Waals surface area (Å²) in [7, 11) is -0.641. The average Bonchev–Trinajstić information content (AvgIpc) is 2.87. The highest BCUT2D eigenvalue weighted by Gasteiger charge is 2.40. The Kier molecular flexibility index (Phi) is 11.0. The standard InChI is InChI=1S/C31H46N2O5S/c1-20-11-16-23(29-28(37)27(36)25(34)19-39(29)4)18-24(20)17-22-14-12-21(13-15-22)9-7-5-6-8-10-26(35)33-31(2,3)30(32)38/h11-16,18,25,27-29,34,36-37,39H,5-10,17,19H2,1-4H3,(H2,32,38)(H,33,35)/t25-,27-,28-,29+/m1/s1. The van der Waals surface area contributed by atoms with Gasteiger partial charge in [0.1, 0.15) is 11.6 Å². The van der Waals surface area contributed by atoms with Crippen LogP contribution in [0, 0.1) is 6.92 Å². The van der Waals surface area contributed by atoms with Crippen molar-refractivity contribution >= 4 is 22.7 Å². The topological polar surface area (TPSA) is 133 Å². The summed E-state index contributed by atoms with van der Waals surface area (Å²) in [6, 6.07) is 15.0. The van der Waals surface area contributed by atoms with Crippen LogP contribution >= 0.6 is 10.9 Å². The van der Waals surface area contributed by atoms with Gasteiger partial charge in [0.25, 0.3) is 0 Å². The third-order valence-electron chi connectivity index (χ3n) is 7.84. The van der Waals surface area contributed by atoms with Crippen molar-refractivity contribution in [3.05, 3.63) is 70.3 Å². The highest BCUT2D eigenvalue weighted by molar-refractivity contribution is 8.16. The van der Waals surface area contributed by atoms with E-state index in [2.05, 4.69) is 54.9 Å². The first-order valence-electron chi connectivity index (χ1n) is 13.9. The van der Waals surface area contributed by atoms with Gasteiger partial charge in [-0.05, 0) is 80.5 Å².